The molecule has 2 aliphatic heterocycles. The van der Waals surface area contributed by atoms with Crippen molar-refractivity contribution in [2.45, 2.75) is 43.0 Å². The maximum absolute atomic E-state index is 5.81. The van der Waals surface area contributed by atoms with Crippen LogP contribution in [0.3, 0.4) is 0 Å². The molecular weight excluding hydrogens is 188 g/mol. The summed E-state index contributed by atoms with van der Waals surface area (Å²) in [4.78, 5) is 0. The van der Waals surface area contributed by atoms with Gasteiger partial charge in [-0.05, 0) is 38.2 Å². The smallest absolute Gasteiger partial charge is 0.0893 e. The van der Waals surface area contributed by atoms with E-state index in [1.165, 1.54) is 24.3 Å². The van der Waals surface area contributed by atoms with Gasteiger partial charge in [0, 0.05) is 0 Å². The summed E-state index contributed by atoms with van der Waals surface area (Å²) in [6.45, 7) is 4.43. The highest BCUT2D eigenvalue weighted by molar-refractivity contribution is 8.18. The van der Waals surface area contributed by atoms with Crippen LogP contribution in [0.4, 0.5) is 0 Å². The maximum atomic E-state index is 5.81. The first-order valence-corrected chi connectivity index (χ1v) is 6.63. The van der Waals surface area contributed by atoms with Gasteiger partial charge in [-0.1, -0.05) is 0 Å². The van der Waals surface area contributed by atoms with E-state index in [0.29, 0.717) is 16.3 Å². The topological polar surface area (TPSA) is 9.23 Å². The molecule has 2 saturated heterocycles. The van der Waals surface area contributed by atoms with Crippen LogP contribution < -0.4 is 0 Å². The third-order valence-corrected chi connectivity index (χ3v) is 6.28. The Hall–Kier alpha value is 0.660. The molecule has 0 radical (unpaired) electrons. The molecule has 70 valence electrons. The largest absolute Gasteiger partial charge is 0.373 e. The minimum atomic E-state index is 0.414. The molecule has 12 heavy (non-hydrogen) atoms. The van der Waals surface area contributed by atoms with E-state index in [2.05, 4.69) is 37.4 Å². The molecule has 0 unspecified atom stereocenters. The zero-order chi connectivity index (χ0) is 8.60. The molecule has 0 aliphatic carbocycles. The second-order valence-corrected chi connectivity index (χ2v) is 6.76. The quantitative estimate of drug-likeness (QED) is 0.600. The molecule has 0 aromatic heterocycles. The van der Waals surface area contributed by atoms with Crippen molar-refractivity contribution in [1.82, 2.24) is 0 Å². The Bertz CT molecular complexity index is 166. The molecule has 0 bridgehead atoms. The van der Waals surface area contributed by atoms with Crippen molar-refractivity contribution in [3.05, 3.63) is 0 Å². The molecule has 2 fully saturated rings. The number of hydrogen-bond donors (Lipinski definition) is 0. The zero-order valence-corrected chi connectivity index (χ0v) is 9.34. The van der Waals surface area contributed by atoms with Gasteiger partial charge in [-0.15, -0.1) is 23.5 Å². The zero-order valence-electron chi connectivity index (χ0n) is 7.71. The molecule has 0 saturated carbocycles. The Labute approximate surface area is 83.0 Å². The van der Waals surface area contributed by atoms with Crippen molar-refractivity contribution in [2.24, 2.45) is 0 Å². The normalized spacial score (nSPS) is 40.5. The summed E-state index contributed by atoms with van der Waals surface area (Å²) in [6, 6.07) is 0. The minimum Gasteiger partial charge on any atom is -0.373 e. The molecule has 0 aromatic carbocycles. The average molecular weight is 204 g/mol. The summed E-state index contributed by atoms with van der Waals surface area (Å²) in [5, 5.41) is 0. The first kappa shape index (κ1) is 9.22. The summed E-state index contributed by atoms with van der Waals surface area (Å²) < 4.78 is 6.23. The summed E-state index contributed by atoms with van der Waals surface area (Å²) in [5.74, 6) is 2.65. The Morgan fingerprint density at radius 3 is 2.42 bits per heavy atom. The number of rotatable bonds is 0. The highest BCUT2D eigenvalue weighted by Gasteiger charge is 2.46. The van der Waals surface area contributed by atoms with Crippen molar-refractivity contribution in [1.29, 1.82) is 0 Å². The third-order valence-electron chi connectivity index (χ3n) is 2.61. The monoisotopic (exact) mass is 204 g/mol. The lowest BCUT2D eigenvalue weighted by molar-refractivity contribution is 0.0664. The molecule has 0 amide bonds. The minimum absolute atomic E-state index is 0.414. The van der Waals surface area contributed by atoms with Gasteiger partial charge >= 0.3 is 0 Å². The molecule has 2 aliphatic rings. The highest BCUT2D eigenvalue weighted by Crippen LogP contribution is 2.52. The standard InChI is InChI=1S/C9H16OS2/c1-7-6-9(8(2)10-7)11-4-3-5-12-9/h7-8H,3-6H2,1-2H3/t7-,8-/m1/s1. The SMILES string of the molecule is C[C@@H]1CC2(SCCCS2)[C@@H](C)O1. The fourth-order valence-corrected chi connectivity index (χ4v) is 5.58. The van der Waals surface area contributed by atoms with Crippen LogP contribution in [-0.4, -0.2) is 27.8 Å². The van der Waals surface area contributed by atoms with E-state index in [0.717, 1.165) is 0 Å². The van der Waals surface area contributed by atoms with Gasteiger partial charge in [-0.2, -0.15) is 0 Å². The van der Waals surface area contributed by atoms with Crippen molar-refractivity contribution >= 4 is 23.5 Å². The first-order chi connectivity index (χ1) is 5.73. The number of ether oxygens (including phenoxy) is 1. The molecule has 1 nitrogen and oxygen atoms in total. The average Bonchev–Trinajstić information content (AvgIpc) is 2.29. The molecule has 2 heterocycles. The lowest BCUT2D eigenvalue weighted by Crippen LogP contribution is -2.32. The van der Waals surface area contributed by atoms with E-state index in [1.807, 2.05) is 0 Å². The molecule has 2 atom stereocenters. The predicted molar refractivity (Wildman–Crippen MR) is 56.9 cm³/mol. The van der Waals surface area contributed by atoms with Crippen LogP contribution in [0.25, 0.3) is 0 Å². The van der Waals surface area contributed by atoms with Gasteiger partial charge in [0.1, 0.15) is 0 Å². The number of thioether (sulfide) groups is 2. The predicted octanol–water partition coefficient (Wildman–Crippen LogP) is 2.75. The summed E-state index contributed by atoms with van der Waals surface area (Å²) in [6.07, 6.45) is 3.53. The van der Waals surface area contributed by atoms with Crippen molar-refractivity contribution in [3.8, 4) is 0 Å². The summed E-state index contributed by atoms with van der Waals surface area (Å²) in [5.41, 5.74) is 0. The molecular formula is C9H16OS2. The van der Waals surface area contributed by atoms with Crippen LogP contribution in [-0.2, 0) is 4.74 Å². The fourth-order valence-electron chi connectivity index (χ4n) is 2.01. The lowest BCUT2D eigenvalue weighted by atomic mass is 10.2. The first-order valence-electron chi connectivity index (χ1n) is 4.66. The number of hydrogen-bond acceptors (Lipinski definition) is 3. The van der Waals surface area contributed by atoms with Gasteiger partial charge in [0.2, 0.25) is 0 Å². The van der Waals surface area contributed by atoms with Gasteiger partial charge in [-0.25, -0.2) is 0 Å². The van der Waals surface area contributed by atoms with Crippen LogP contribution in [0.2, 0.25) is 0 Å². The van der Waals surface area contributed by atoms with E-state index in [1.54, 1.807) is 0 Å². The molecule has 2 rings (SSSR count). The van der Waals surface area contributed by atoms with E-state index in [4.69, 9.17) is 4.74 Å². The Kier molecular flexibility index (Phi) is 2.64. The van der Waals surface area contributed by atoms with Crippen LogP contribution in [0, 0.1) is 0 Å². The molecule has 0 N–H and O–H groups in total. The van der Waals surface area contributed by atoms with Gasteiger partial charge in [0.25, 0.3) is 0 Å². The van der Waals surface area contributed by atoms with Gasteiger partial charge in [0.15, 0.2) is 0 Å². The van der Waals surface area contributed by atoms with E-state index < -0.39 is 0 Å². The highest BCUT2D eigenvalue weighted by atomic mass is 32.2. The van der Waals surface area contributed by atoms with Crippen molar-refractivity contribution in [3.63, 3.8) is 0 Å². The van der Waals surface area contributed by atoms with Crippen molar-refractivity contribution < 1.29 is 4.74 Å². The van der Waals surface area contributed by atoms with Crippen LogP contribution >= 0.6 is 23.5 Å². The Morgan fingerprint density at radius 2 is 1.92 bits per heavy atom. The summed E-state index contributed by atoms with van der Waals surface area (Å²) >= 11 is 4.25. The van der Waals surface area contributed by atoms with E-state index >= 15 is 0 Å². The van der Waals surface area contributed by atoms with Crippen LogP contribution in [0.1, 0.15) is 26.7 Å². The molecule has 3 heteroatoms. The molecule has 0 aromatic rings. The van der Waals surface area contributed by atoms with Crippen LogP contribution in [0.5, 0.6) is 0 Å². The van der Waals surface area contributed by atoms with Crippen molar-refractivity contribution in [2.75, 3.05) is 11.5 Å². The Balaban J connectivity index is 2.08. The summed E-state index contributed by atoms with van der Waals surface area (Å²) in [7, 11) is 0. The third kappa shape index (κ3) is 1.51. The lowest BCUT2D eigenvalue weighted by Gasteiger charge is -2.34. The van der Waals surface area contributed by atoms with E-state index in [9.17, 15) is 0 Å². The van der Waals surface area contributed by atoms with Gasteiger partial charge in [0.05, 0.1) is 16.3 Å². The second-order valence-electron chi connectivity index (χ2n) is 3.66. The van der Waals surface area contributed by atoms with E-state index in [-0.39, 0.29) is 0 Å². The maximum Gasteiger partial charge on any atom is 0.0893 e. The second kappa shape index (κ2) is 3.43. The Morgan fingerprint density at radius 1 is 1.25 bits per heavy atom. The van der Waals surface area contributed by atoms with Crippen LogP contribution in [0.15, 0.2) is 0 Å². The molecule has 1 spiro atoms. The van der Waals surface area contributed by atoms with Gasteiger partial charge < -0.3 is 4.74 Å². The van der Waals surface area contributed by atoms with Gasteiger partial charge in [-0.3, -0.25) is 0 Å². The fraction of sp³-hybridized carbons (Fsp3) is 1.00.